The number of halogens is 1. The van der Waals surface area contributed by atoms with Crippen molar-refractivity contribution >= 4 is 23.2 Å². The van der Waals surface area contributed by atoms with Crippen LogP contribution in [-0.4, -0.2) is 12.5 Å². The van der Waals surface area contributed by atoms with Crippen LogP contribution in [0, 0.1) is 32.1 Å². The molecule has 0 saturated heterocycles. The Morgan fingerprint density at radius 2 is 1.97 bits per heavy atom. The number of amides is 1. The van der Waals surface area contributed by atoms with Gasteiger partial charge in [0.25, 0.3) is 5.91 Å². The molecule has 2 aromatic carbocycles. The molecular formula is C23H26ClN3O2. The van der Waals surface area contributed by atoms with E-state index in [0.717, 1.165) is 22.3 Å². The fourth-order valence-corrected chi connectivity index (χ4v) is 3.41. The van der Waals surface area contributed by atoms with Gasteiger partial charge in [-0.05, 0) is 57.9 Å². The zero-order valence-corrected chi connectivity index (χ0v) is 18.1. The fraction of sp³-hybridized carbons (Fsp3) is 0.304. The van der Waals surface area contributed by atoms with Gasteiger partial charge in [0, 0.05) is 11.8 Å². The van der Waals surface area contributed by atoms with Crippen LogP contribution >= 0.6 is 11.6 Å². The summed E-state index contributed by atoms with van der Waals surface area (Å²) in [7, 11) is 0. The molecule has 1 unspecified atom stereocenters. The van der Waals surface area contributed by atoms with E-state index in [4.69, 9.17) is 16.3 Å². The molecule has 1 atom stereocenters. The number of carbonyl (C=O) groups excluding carboxylic acids is 1. The summed E-state index contributed by atoms with van der Waals surface area (Å²) in [6.07, 6.45) is 1.38. The van der Waals surface area contributed by atoms with Crippen molar-refractivity contribution in [1.82, 2.24) is 5.32 Å². The molecule has 6 heteroatoms. The Balaban J connectivity index is 2.19. The van der Waals surface area contributed by atoms with E-state index in [1.54, 1.807) is 0 Å². The van der Waals surface area contributed by atoms with Crippen LogP contribution in [0.3, 0.4) is 0 Å². The van der Waals surface area contributed by atoms with Crippen molar-refractivity contribution in [1.29, 1.82) is 5.26 Å². The largest absolute Gasteiger partial charge is 0.494 e. The molecule has 152 valence electrons. The van der Waals surface area contributed by atoms with Gasteiger partial charge in [-0.25, -0.2) is 0 Å². The quantitative estimate of drug-likeness (QED) is 0.475. The molecule has 0 aliphatic heterocycles. The molecule has 0 spiro atoms. The normalized spacial score (nSPS) is 12.1. The van der Waals surface area contributed by atoms with Gasteiger partial charge in [-0.2, -0.15) is 5.26 Å². The Hall–Kier alpha value is -2.97. The Bertz CT molecular complexity index is 954. The molecule has 1 amide bonds. The lowest BCUT2D eigenvalue weighted by molar-refractivity contribution is -0.117. The van der Waals surface area contributed by atoms with E-state index in [9.17, 15) is 10.1 Å². The lowest BCUT2D eigenvalue weighted by atomic mass is 10.0. The van der Waals surface area contributed by atoms with Crippen molar-refractivity contribution in [3.63, 3.8) is 0 Å². The molecule has 2 N–H and O–H groups in total. The van der Waals surface area contributed by atoms with Crippen LogP contribution in [0.4, 0.5) is 5.69 Å². The minimum atomic E-state index is -0.475. The lowest BCUT2D eigenvalue weighted by Gasteiger charge is -2.18. The summed E-state index contributed by atoms with van der Waals surface area (Å²) in [5.41, 5.74) is 4.52. The third-order valence-electron chi connectivity index (χ3n) is 4.44. The van der Waals surface area contributed by atoms with Crippen molar-refractivity contribution in [2.75, 3.05) is 11.9 Å². The third kappa shape index (κ3) is 5.75. The number of hydrogen-bond donors (Lipinski definition) is 2. The van der Waals surface area contributed by atoms with E-state index in [2.05, 4.69) is 10.6 Å². The number of ether oxygens (including phenoxy) is 1. The van der Waals surface area contributed by atoms with Crippen molar-refractivity contribution in [3.8, 4) is 11.8 Å². The van der Waals surface area contributed by atoms with E-state index in [1.165, 1.54) is 6.20 Å². The minimum Gasteiger partial charge on any atom is -0.494 e. The maximum Gasteiger partial charge on any atom is 0.263 e. The molecule has 0 heterocycles. The van der Waals surface area contributed by atoms with E-state index in [-0.39, 0.29) is 11.6 Å². The van der Waals surface area contributed by atoms with Crippen LogP contribution in [0.15, 0.2) is 42.1 Å². The molecule has 2 aromatic rings. The predicted molar refractivity (Wildman–Crippen MR) is 117 cm³/mol. The maximum absolute atomic E-state index is 12.6. The first-order chi connectivity index (χ1) is 13.8. The topological polar surface area (TPSA) is 74.1 Å². The molecule has 0 radical (unpaired) electrons. The number of aryl methyl sites for hydroxylation is 3. The summed E-state index contributed by atoms with van der Waals surface area (Å²) in [6, 6.07) is 11.2. The fourth-order valence-electron chi connectivity index (χ4n) is 3.04. The third-order valence-corrected chi connectivity index (χ3v) is 4.73. The number of carbonyl (C=O) groups is 1. The van der Waals surface area contributed by atoms with Gasteiger partial charge in [0.1, 0.15) is 17.4 Å². The van der Waals surface area contributed by atoms with Gasteiger partial charge in [-0.1, -0.05) is 35.4 Å². The molecule has 0 aliphatic carbocycles. The van der Waals surface area contributed by atoms with Gasteiger partial charge >= 0.3 is 0 Å². The van der Waals surface area contributed by atoms with Crippen LogP contribution < -0.4 is 15.4 Å². The summed E-state index contributed by atoms with van der Waals surface area (Å²) in [5.74, 6) is 0.242. The standard InChI is InChI=1S/C23H26ClN3O2/c1-6-29-21-8-7-14(2)10-19(21)17(5)27-23(28)18(12-25)13-26-22-16(4)9-15(3)11-20(22)24/h7-11,13,17,26H,6H2,1-5H3,(H,27,28)/b18-13-. The number of nitrogens with one attached hydrogen (secondary N) is 2. The molecule has 0 saturated carbocycles. The molecule has 29 heavy (non-hydrogen) atoms. The molecule has 0 aliphatic rings. The van der Waals surface area contributed by atoms with Gasteiger partial charge in [-0.3, -0.25) is 4.79 Å². The first kappa shape index (κ1) is 22.3. The van der Waals surface area contributed by atoms with E-state index in [0.29, 0.717) is 23.1 Å². The van der Waals surface area contributed by atoms with Gasteiger partial charge in [0.05, 0.1) is 23.4 Å². The van der Waals surface area contributed by atoms with Crippen LogP contribution in [-0.2, 0) is 4.79 Å². The zero-order valence-electron chi connectivity index (χ0n) is 17.4. The van der Waals surface area contributed by atoms with Gasteiger partial charge < -0.3 is 15.4 Å². The first-order valence-electron chi connectivity index (χ1n) is 9.44. The Kier molecular flexibility index (Phi) is 7.69. The van der Waals surface area contributed by atoms with Crippen molar-refractivity contribution in [2.24, 2.45) is 0 Å². The van der Waals surface area contributed by atoms with Crippen molar-refractivity contribution in [2.45, 2.75) is 40.7 Å². The monoisotopic (exact) mass is 411 g/mol. The Morgan fingerprint density at radius 3 is 2.59 bits per heavy atom. The number of anilines is 1. The Morgan fingerprint density at radius 1 is 1.24 bits per heavy atom. The van der Waals surface area contributed by atoms with E-state index in [1.807, 2.05) is 71.0 Å². The van der Waals surface area contributed by atoms with Crippen LogP contribution in [0.5, 0.6) is 5.75 Å². The minimum absolute atomic E-state index is 0.0431. The number of rotatable bonds is 7. The van der Waals surface area contributed by atoms with Crippen molar-refractivity contribution in [3.05, 3.63) is 69.4 Å². The summed E-state index contributed by atoms with van der Waals surface area (Å²) < 4.78 is 5.66. The number of nitriles is 1. The second-order valence-corrected chi connectivity index (χ2v) is 7.33. The first-order valence-corrected chi connectivity index (χ1v) is 9.82. The van der Waals surface area contributed by atoms with Crippen LogP contribution in [0.1, 0.15) is 42.1 Å². The summed E-state index contributed by atoms with van der Waals surface area (Å²) in [5, 5.41) is 15.8. The van der Waals surface area contributed by atoms with Crippen LogP contribution in [0.25, 0.3) is 0 Å². The van der Waals surface area contributed by atoms with Crippen molar-refractivity contribution < 1.29 is 9.53 Å². The van der Waals surface area contributed by atoms with Gasteiger partial charge in [0.15, 0.2) is 0 Å². The highest BCUT2D eigenvalue weighted by atomic mass is 35.5. The number of hydrogen-bond acceptors (Lipinski definition) is 4. The SMILES string of the molecule is CCOc1ccc(C)cc1C(C)NC(=O)/C(C#N)=C\Nc1c(C)cc(C)cc1Cl. The summed E-state index contributed by atoms with van der Waals surface area (Å²) >= 11 is 6.28. The highest BCUT2D eigenvalue weighted by Crippen LogP contribution is 2.28. The number of benzene rings is 2. The molecular weight excluding hydrogens is 386 g/mol. The summed E-state index contributed by atoms with van der Waals surface area (Å²) in [6.45, 7) is 10.1. The Labute approximate surface area is 177 Å². The predicted octanol–water partition coefficient (Wildman–Crippen LogP) is 5.36. The second-order valence-electron chi connectivity index (χ2n) is 6.92. The second kappa shape index (κ2) is 9.99. The highest BCUT2D eigenvalue weighted by molar-refractivity contribution is 6.33. The average molecular weight is 412 g/mol. The molecule has 0 fully saturated rings. The molecule has 2 rings (SSSR count). The number of nitrogens with zero attached hydrogens (tertiary/aromatic N) is 1. The maximum atomic E-state index is 12.6. The molecule has 0 bridgehead atoms. The molecule has 0 aromatic heterocycles. The zero-order chi connectivity index (χ0) is 21.6. The summed E-state index contributed by atoms with van der Waals surface area (Å²) in [4.78, 5) is 12.6. The lowest BCUT2D eigenvalue weighted by Crippen LogP contribution is -2.28. The molecule has 5 nitrogen and oxygen atoms in total. The smallest absolute Gasteiger partial charge is 0.263 e. The average Bonchev–Trinajstić information content (AvgIpc) is 2.65. The van der Waals surface area contributed by atoms with Gasteiger partial charge in [0.2, 0.25) is 0 Å². The van der Waals surface area contributed by atoms with Gasteiger partial charge in [-0.15, -0.1) is 0 Å². The van der Waals surface area contributed by atoms with E-state index >= 15 is 0 Å². The highest BCUT2D eigenvalue weighted by Gasteiger charge is 2.17. The van der Waals surface area contributed by atoms with Crippen LogP contribution in [0.2, 0.25) is 5.02 Å². The van der Waals surface area contributed by atoms with E-state index < -0.39 is 5.91 Å².